The normalized spacial score (nSPS) is 19.4. The molecule has 1 saturated heterocycles. The van der Waals surface area contributed by atoms with Gasteiger partial charge in [0.05, 0.1) is 6.10 Å². The number of carboxylic acids is 1. The van der Waals surface area contributed by atoms with Gasteiger partial charge >= 0.3 is 5.97 Å². The Morgan fingerprint density at radius 1 is 1.63 bits per heavy atom. The van der Waals surface area contributed by atoms with Crippen molar-refractivity contribution >= 4 is 11.8 Å². The molecule has 1 aromatic heterocycles. The summed E-state index contributed by atoms with van der Waals surface area (Å²) in [5.41, 5.74) is 0.263. The zero-order chi connectivity index (χ0) is 13.7. The molecule has 104 valence electrons. The largest absolute Gasteiger partial charge is 0.478 e. The van der Waals surface area contributed by atoms with E-state index in [9.17, 15) is 9.90 Å². The van der Waals surface area contributed by atoms with Gasteiger partial charge in [-0.15, -0.1) is 0 Å². The Morgan fingerprint density at radius 3 is 3.21 bits per heavy atom. The van der Waals surface area contributed by atoms with Crippen molar-refractivity contribution in [1.82, 2.24) is 4.98 Å². The number of aromatic carboxylic acids is 1. The van der Waals surface area contributed by atoms with Crippen LogP contribution >= 0.6 is 0 Å². The highest BCUT2D eigenvalue weighted by Gasteiger charge is 2.24. The molecule has 1 aromatic rings. The third-order valence-electron chi connectivity index (χ3n) is 3.25. The molecule has 0 spiro atoms. The number of piperidine rings is 1. The number of rotatable bonds is 5. The molecule has 5 nitrogen and oxygen atoms in total. The lowest BCUT2D eigenvalue weighted by Gasteiger charge is -2.34. The summed E-state index contributed by atoms with van der Waals surface area (Å²) in [7, 11) is 0. The molecule has 0 saturated carbocycles. The number of nitrogens with zero attached hydrogens (tertiary/aromatic N) is 2. The van der Waals surface area contributed by atoms with E-state index in [1.165, 1.54) is 0 Å². The molecule has 2 rings (SSSR count). The summed E-state index contributed by atoms with van der Waals surface area (Å²) in [4.78, 5) is 17.5. The zero-order valence-electron chi connectivity index (χ0n) is 11.2. The average Bonchev–Trinajstić information content (AvgIpc) is 2.45. The van der Waals surface area contributed by atoms with Crippen LogP contribution in [0.2, 0.25) is 0 Å². The second-order valence-electron chi connectivity index (χ2n) is 4.76. The molecule has 1 fully saturated rings. The van der Waals surface area contributed by atoms with Crippen LogP contribution in [0, 0.1) is 0 Å². The first-order valence-electron chi connectivity index (χ1n) is 6.77. The summed E-state index contributed by atoms with van der Waals surface area (Å²) in [6, 6.07) is 3.25. The van der Waals surface area contributed by atoms with Gasteiger partial charge in [0.2, 0.25) is 0 Å². The number of carbonyl (C=O) groups is 1. The number of anilines is 1. The monoisotopic (exact) mass is 264 g/mol. The predicted octanol–water partition coefficient (Wildman–Crippen LogP) is 2.18. The molecule has 0 amide bonds. The van der Waals surface area contributed by atoms with E-state index in [1.807, 2.05) is 4.90 Å². The zero-order valence-corrected chi connectivity index (χ0v) is 11.2. The van der Waals surface area contributed by atoms with Crippen LogP contribution in [-0.4, -0.2) is 41.9 Å². The van der Waals surface area contributed by atoms with Crippen LogP contribution in [0.1, 0.15) is 36.5 Å². The number of ether oxygens (including phenoxy) is 1. The van der Waals surface area contributed by atoms with Gasteiger partial charge in [0.1, 0.15) is 11.4 Å². The van der Waals surface area contributed by atoms with Crippen molar-refractivity contribution in [3.05, 3.63) is 23.9 Å². The first-order valence-corrected chi connectivity index (χ1v) is 6.77. The van der Waals surface area contributed by atoms with Gasteiger partial charge in [-0.05, 0) is 31.4 Å². The van der Waals surface area contributed by atoms with Crippen LogP contribution in [0.3, 0.4) is 0 Å². The average molecular weight is 264 g/mol. The quantitative estimate of drug-likeness (QED) is 0.883. The van der Waals surface area contributed by atoms with Crippen molar-refractivity contribution < 1.29 is 14.6 Å². The number of aromatic nitrogens is 1. The topological polar surface area (TPSA) is 62.7 Å². The van der Waals surface area contributed by atoms with E-state index in [2.05, 4.69) is 11.9 Å². The molecule has 0 aliphatic carbocycles. The Labute approximate surface area is 113 Å². The van der Waals surface area contributed by atoms with Gasteiger partial charge < -0.3 is 14.7 Å². The van der Waals surface area contributed by atoms with Crippen LogP contribution in [-0.2, 0) is 4.74 Å². The van der Waals surface area contributed by atoms with Crippen LogP contribution in [0.25, 0.3) is 0 Å². The van der Waals surface area contributed by atoms with Gasteiger partial charge in [-0.2, -0.15) is 0 Å². The third kappa shape index (κ3) is 3.44. The molecule has 0 radical (unpaired) electrons. The first-order chi connectivity index (χ1) is 9.22. The molecule has 0 bridgehead atoms. The fraction of sp³-hybridized carbons (Fsp3) is 0.571. The molecule has 1 aliphatic rings. The molecular formula is C14H20N2O3. The maximum absolute atomic E-state index is 11.2. The van der Waals surface area contributed by atoms with Gasteiger partial charge in [0.15, 0.2) is 0 Å². The number of carboxylic acid groups (broad SMARTS) is 1. The predicted molar refractivity (Wildman–Crippen MR) is 72.7 cm³/mol. The van der Waals surface area contributed by atoms with Crippen LogP contribution in [0.4, 0.5) is 5.82 Å². The summed E-state index contributed by atoms with van der Waals surface area (Å²) in [6.07, 6.45) is 4.85. The Bertz CT molecular complexity index is 436. The van der Waals surface area contributed by atoms with E-state index in [0.29, 0.717) is 5.82 Å². The molecular weight excluding hydrogens is 244 g/mol. The highest BCUT2D eigenvalue weighted by atomic mass is 16.5. The molecule has 1 atom stereocenters. The molecule has 1 aliphatic heterocycles. The Balaban J connectivity index is 2.11. The van der Waals surface area contributed by atoms with Gasteiger partial charge in [-0.25, -0.2) is 9.78 Å². The molecule has 2 heterocycles. The van der Waals surface area contributed by atoms with E-state index < -0.39 is 5.97 Å². The molecule has 1 unspecified atom stereocenters. The minimum atomic E-state index is -0.931. The maximum Gasteiger partial charge on any atom is 0.339 e. The fourth-order valence-corrected chi connectivity index (χ4v) is 2.37. The van der Waals surface area contributed by atoms with E-state index in [-0.39, 0.29) is 11.7 Å². The molecule has 0 aromatic carbocycles. The van der Waals surface area contributed by atoms with Gasteiger partial charge in [-0.1, -0.05) is 6.92 Å². The fourth-order valence-electron chi connectivity index (χ4n) is 2.37. The second-order valence-corrected chi connectivity index (χ2v) is 4.76. The summed E-state index contributed by atoms with van der Waals surface area (Å²) in [5.74, 6) is -0.375. The van der Waals surface area contributed by atoms with E-state index in [1.54, 1.807) is 18.3 Å². The van der Waals surface area contributed by atoms with Gasteiger partial charge in [-0.3, -0.25) is 0 Å². The van der Waals surface area contributed by atoms with E-state index in [0.717, 1.165) is 39.0 Å². The van der Waals surface area contributed by atoms with Crippen molar-refractivity contribution in [2.45, 2.75) is 32.3 Å². The number of hydrogen-bond donors (Lipinski definition) is 1. The Hall–Kier alpha value is -1.62. The number of hydrogen-bond acceptors (Lipinski definition) is 4. The smallest absolute Gasteiger partial charge is 0.339 e. The van der Waals surface area contributed by atoms with Crippen molar-refractivity contribution in [2.75, 3.05) is 24.6 Å². The molecule has 5 heteroatoms. The van der Waals surface area contributed by atoms with Gasteiger partial charge in [0, 0.05) is 25.9 Å². The summed E-state index contributed by atoms with van der Waals surface area (Å²) in [5, 5.41) is 9.21. The maximum atomic E-state index is 11.2. The van der Waals surface area contributed by atoms with E-state index in [4.69, 9.17) is 4.74 Å². The Morgan fingerprint density at radius 2 is 2.47 bits per heavy atom. The van der Waals surface area contributed by atoms with Crippen molar-refractivity contribution in [1.29, 1.82) is 0 Å². The summed E-state index contributed by atoms with van der Waals surface area (Å²) >= 11 is 0. The number of pyridine rings is 1. The molecule has 1 N–H and O–H groups in total. The third-order valence-corrected chi connectivity index (χ3v) is 3.25. The van der Waals surface area contributed by atoms with Crippen LogP contribution < -0.4 is 4.90 Å². The highest BCUT2D eigenvalue weighted by Crippen LogP contribution is 2.23. The van der Waals surface area contributed by atoms with Gasteiger partial charge in [0.25, 0.3) is 0 Å². The van der Waals surface area contributed by atoms with Crippen molar-refractivity contribution in [3.8, 4) is 0 Å². The van der Waals surface area contributed by atoms with Crippen LogP contribution in [0.15, 0.2) is 18.3 Å². The molecule has 19 heavy (non-hydrogen) atoms. The van der Waals surface area contributed by atoms with Crippen molar-refractivity contribution in [2.24, 2.45) is 0 Å². The standard InChI is InChI=1S/C14H20N2O3/c1-2-9-19-11-5-4-8-16(10-11)13-12(14(17)18)6-3-7-15-13/h3,6-7,11H,2,4-5,8-10H2,1H3,(H,17,18). The highest BCUT2D eigenvalue weighted by molar-refractivity contribution is 5.93. The SMILES string of the molecule is CCCOC1CCCN(c2ncccc2C(=O)O)C1. The van der Waals surface area contributed by atoms with Crippen molar-refractivity contribution in [3.63, 3.8) is 0 Å². The lowest BCUT2D eigenvalue weighted by molar-refractivity contribution is 0.0437. The summed E-state index contributed by atoms with van der Waals surface area (Å²) < 4.78 is 5.77. The first kappa shape index (κ1) is 13.8. The minimum absolute atomic E-state index is 0.178. The minimum Gasteiger partial charge on any atom is -0.478 e. The van der Waals surface area contributed by atoms with E-state index >= 15 is 0 Å². The second kappa shape index (κ2) is 6.52. The lowest BCUT2D eigenvalue weighted by Crippen LogP contribution is -2.41. The lowest BCUT2D eigenvalue weighted by atomic mass is 10.1. The summed E-state index contributed by atoms with van der Waals surface area (Å²) in [6.45, 7) is 4.40. The van der Waals surface area contributed by atoms with Crippen LogP contribution in [0.5, 0.6) is 0 Å². The Kier molecular flexibility index (Phi) is 4.74.